The minimum atomic E-state index is -3.53. The molecule has 2 fully saturated rings. The molecule has 2 aliphatic rings. The summed E-state index contributed by atoms with van der Waals surface area (Å²) >= 11 is 0. The van der Waals surface area contributed by atoms with Gasteiger partial charge >= 0.3 is 5.97 Å². The maximum atomic E-state index is 12.5. The smallest absolute Gasteiger partial charge is 0.306 e. The number of rotatable bonds is 7. The van der Waals surface area contributed by atoms with Crippen molar-refractivity contribution in [2.75, 3.05) is 32.7 Å². The molecule has 23 heavy (non-hydrogen) atoms. The van der Waals surface area contributed by atoms with Gasteiger partial charge in [-0.15, -0.1) is 0 Å². The predicted molar refractivity (Wildman–Crippen MR) is 88.3 cm³/mol. The van der Waals surface area contributed by atoms with Gasteiger partial charge in [-0.1, -0.05) is 13.8 Å². The normalized spacial score (nSPS) is 23.4. The van der Waals surface area contributed by atoms with E-state index in [2.05, 4.69) is 23.5 Å². The second-order valence-electron chi connectivity index (χ2n) is 6.92. The van der Waals surface area contributed by atoms with Crippen molar-refractivity contribution in [3.63, 3.8) is 0 Å². The lowest BCUT2D eigenvalue weighted by atomic mass is 9.99. The van der Waals surface area contributed by atoms with Crippen molar-refractivity contribution in [2.45, 2.75) is 45.6 Å². The summed E-state index contributed by atoms with van der Waals surface area (Å²) in [6.07, 6.45) is 3.13. The molecule has 2 heterocycles. The van der Waals surface area contributed by atoms with E-state index in [1.54, 1.807) is 0 Å². The molecule has 0 aliphatic carbocycles. The number of aliphatic carboxylic acids is 1. The van der Waals surface area contributed by atoms with E-state index in [0.29, 0.717) is 25.3 Å². The SMILES string of the molecule is CC(C)[C@H](CNS(=O)(=O)N1CCC(C(=O)O)CC1)N1CCCC1. The summed E-state index contributed by atoms with van der Waals surface area (Å²) < 4.78 is 29.0. The molecule has 2 aliphatic heterocycles. The number of carbonyl (C=O) groups is 1. The Morgan fingerprint density at radius 2 is 1.74 bits per heavy atom. The van der Waals surface area contributed by atoms with Crippen molar-refractivity contribution in [2.24, 2.45) is 11.8 Å². The van der Waals surface area contributed by atoms with Crippen molar-refractivity contribution < 1.29 is 18.3 Å². The minimum Gasteiger partial charge on any atom is -0.481 e. The van der Waals surface area contributed by atoms with Gasteiger partial charge in [0.2, 0.25) is 0 Å². The minimum absolute atomic E-state index is 0.212. The van der Waals surface area contributed by atoms with Crippen LogP contribution < -0.4 is 4.72 Å². The van der Waals surface area contributed by atoms with E-state index in [9.17, 15) is 13.2 Å². The number of nitrogens with zero attached hydrogens (tertiary/aromatic N) is 2. The number of carboxylic acid groups (broad SMARTS) is 1. The average molecular weight is 347 g/mol. The molecule has 8 heteroatoms. The maximum absolute atomic E-state index is 12.5. The quantitative estimate of drug-likeness (QED) is 0.709. The third-order valence-corrected chi connectivity index (χ3v) is 6.57. The van der Waals surface area contributed by atoms with Crippen LogP contribution >= 0.6 is 0 Å². The number of piperidine rings is 1. The van der Waals surface area contributed by atoms with Crippen molar-refractivity contribution in [3.8, 4) is 0 Å². The van der Waals surface area contributed by atoms with Crippen molar-refractivity contribution >= 4 is 16.2 Å². The summed E-state index contributed by atoms with van der Waals surface area (Å²) in [5.41, 5.74) is 0. The van der Waals surface area contributed by atoms with Gasteiger partial charge in [-0.3, -0.25) is 9.69 Å². The molecule has 2 rings (SSSR count). The summed E-state index contributed by atoms with van der Waals surface area (Å²) in [5, 5.41) is 9.00. The molecule has 0 aromatic rings. The van der Waals surface area contributed by atoms with Crippen molar-refractivity contribution in [1.29, 1.82) is 0 Å². The molecule has 1 atom stereocenters. The van der Waals surface area contributed by atoms with Crippen LogP contribution in [0.2, 0.25) is 0 Å². The Bertz CT molecular complexity index is 495. The second kappa shape index (κ2) is 7.92. The fourth-order valence-electron chi connectivity index (χ4n) is 3.48. The highest BCUT2D eigenvalue weighted by atomic mass is 32.2. The van der Waals surface area contributed by atoms with Crippen LogP contribution in [0.3, 0.4) is 0 Å². The van der Waals surface area contributed by atoms with Crippen LogP contribution in [0.4, 0.5) is 0 Å². The standard InChI is InChI=1S/C15H29N3O4S/c1-12(2)14(17-7-3-4-8-17)11-16-23(21,22)18-9-5-13(6-10-18)15(19)20/h12-14,16H,3-11H2,1-2H3,(H,19,20)/t14-/m0/s1. The first-order chi connectivity index (χ1) is 10.8. The molecule has 0 amide bonds. The summed E-state index contributed by atoms with van der Waals surface area (Å²) in [4.78, 5) is 13.3. The van der Waals surface area contributed by atoms with E-state index < -0.39 is 22.1 Å². The van der Waals surface area contributed by atoms with Gasteiger partial charge in [-0.2, -0.15) is 12.7 Å². The van der Waals surface area contributed by atoms with E-state index in [-0.39, 0.29) is 19.1 Å². The number of nitrogens with one attached hydrogen (secondary N) is 1. The van der Waals surface area contributed by atoms with Crippen LogP contribution in [0.1, 0.15) is 39.5 Å². The summed E-state index contributed by atoms with van der Waals surface area (Å²) in [7, 11) is -3.53. The Morgan fingerprint density at radius 1 is 1.17 bits per heavy atom. The lowest BCUT2D eigenvalue weighted by Crippen LogP contribution is -2.51. The summed E-state index contributed by atoms with van der Waals surface area (Å²) in [6, 6.07) is 0.212. The lowest BCUT2D eigenvalue weighted by Gasteiger charge is -2.33. The van der Waals surface area contributed by atoms with Crippen LogP contribution in [0.25, 0.3) is 0 Å². The highest BCUT2D eigenvalue weighted by Gasteiger charge is 2.32. The van der Waals surface area contributed by atoms with Gasteiger partial charge in [0.05, 0.1) is 5.92 Å². The molecular weight excluding hydrogens is 318 g/mol. The molecule has 2 N–H and O–H groups in total. The van der Waals surface area contributed by atoms with Crippen molar-refractivity contribution in [3.05, 3.63) is 0 Å². The monoisotopic (exact) mass is 347 g/mol. The molecule has 7 nitrogen and oxygen atoms in total. The summed E-state index contributed by atoms with van der Waals surface area (Å²) in [6.45, 7) is 7.29. The second-order valence-corrected chi connectivity index (χ2v) is 8.67. The number of hydrogen-bond donors (Lipinski definition) is 2. The van der Waals surface area contributed by atoms with E-state index in [1.165, 1.54) is 17.1 Å². The van der Waals surface area contributed by atoms with E-state index in [1.807, 2.05) is 0 Å². The van der Waals surface area contributed by atoms with E-state index in [4.69, 9.17) is 5.11 Å². The van der Waals surface area contributed by atoms with Gasteiger partial charge in [-0.05, 0) is 44.7 Å². The first-order valence-electron chi connectivity index (χ1n) is 8.53. The van der Waals surface area contributed by atoms with Gasteiger partial charge in [0.15, 0.2) is 0 Å². The van der Waals surface area contributed by atoms with Crippen molar-refractivity contribution in [1.82, 2.24) is 13.9 Å². The largest absolute Gasteiger partial charge is 0.481 e. The van der Waals surface area contributed by atoms with Crippen LogP contribution in [-0.4, -0.2) is 67.5 Å². The zero-order chi connectivity index (χ0) is 17.0. The first kappa shape index (κ1) is 18.6. The first-order valence-corrected chi connectivity index (χ1v) is 9.97. The number of likely N-dealkylation sites (tertiary alicyclic amines) is 1. The molecule has 0 spiro atoms. The van der Waals surface area contributed by atoms with Crippen LogP contribution in [0.5, 0.6) is 0 Å². The zero-order valence-corrected chi connectivity index (χ0v) is 14.9. The highest BCUT2D eigenvalue weighted by molar-refractivity contribution is 7.87. The summed E-state index contributed by atoms with van der Waals surface area (Å²) in [5.74, 6) is -0.869. The number of carboxylic acids is 1. The van der Waals surface area contributed by atoms with Gasteiger partial charge in [-0.25, -0.2) is 4.72 Å². The fraction of sp³-hybridized carbons (Fsp3) is 0.933. The lowest BCUT2D eigenvalue weighted by molar-refractivity contribution is -0.142. The van der Waals surface area contributed by atoms with Crippen LogP contribution in [0, 0.1) is 11.8 Å². The van der Waals surface area contributed by atoms with E-state index in [0.717, 1.165) is 13.1 Å². The molecule has 0 bridgehead atoms. The molecule has 0 aromatic heterocycles. The molecule has 0 radical (unpaired) electrons. The topological polar surface area (TPSA) is 90.0 Å². The Kier molecular flexibility index (Phi) is 6.41. The Hall–Kier alpha value is -0.700. The zero-order valence-electron chi connectivity index (χ0n) is 14.1. The molecule has 0 unspecified atom stereocenters. The molecule has 134 valence electrons. The highest BCUT2D eigenvalue weighted by Crippen LogP contribution is 2.20. The average Bonchev–Trinajstić information content (AvgIpc) is 3.01. The van der Waals surface area contributed by atoms with E-state index >= 15 is 0 Å². The Balaban J connectivity index is 1.89. The van der Waals surface area contributed by atoms with Crippen LogP contribution in [-0.2, 0) is 15.0 Å². The Morgan fingerprint density at radius 3 is 2.22 bits per heavy atom. The van der Waals surface area contributed by atoms with Gasteiger partial charge in [0, 0.05) is 25.7 Å². The maximum Gasteiger partial charge on any atom is 0.306 e. The van der Waals surface area contributed by atoms with Gasteiger partial charge in [0.25, 0.3) is 10.2 Å². The third-order valence-electron chi connectivity index (χ3n) is 5.00. The molecule has 0 aromatic carbocycles. The van der Waals surface area contributed by atoms with Crippen LogP contribution in [0.15, 0.2) is 0 Å². The van der Waals surface area contributed by atoms with Gasteiger partial charge < -0.3 is 5.11 Å². The molecular formula is C15H29N3O4S. The predicted octanol–water partition coefficient (Wildman–Crippen LogP) is 0.738. The Labute approximate surface area is 139 Å². The number of hydrogen-bond acceptors (Lipinski definition) is 4. The third kappa shape index (κ3) is 4.89. The van der Waals surface area contributed by atoms with Gasteiger partial charge in [0.1, 0.15) is 0 Å². The molecule has 2 saturated heterocycles. The molecule has 0 saturated carbocycles. The fourth-order valence-corrected chi connectivity index (χ4v) is 4.74.